The first kappa shape index (κ1) is 19.7. The number of benzene rings is 2. The van der Waals surface area contributed by atoms with Crippen LogP contribution < -0.4 is 15.0 Å². The molecule has 5 nitrogen and oxygen atoms in total. The average molecular weight is 392 g/mol. The van der Waals surface area contributed by atoms with Crippen LogP contribution >= 0.6 is 0 Å². The van der Waals surface area contributed by atoms with E-state index in [1.807, 2.05) is 0 Å². The lowest BCUT2D eigenvalue weighted by Gasteiger charge is -2.26. The van der Waals surface area contributed by atoms with Crippen LogP contribution in [0.5, 0.6) is 5.75 Å². The Labute approximate surface area is 160 Å². The molecule has 3 rings (SSSR count). The van der Waals surface area contributed by atoms with Crippen LogP contribution in [0.1, 0.15) is 29.6 Å². The van der Waals surface area contributed by atoms with Gasteiger partial charge in [-0.1, -0.05) is 12.1 Å². The minimum atomic E-state index is -4.47. The van der Waals surface area contributed by atoms with Gasteiger partial charge in [0.25, 0.3) is 5.91 Å². The van der Waals surface area contributed by atoms with E-state index < -0.39 is 18.7 Å². The third-order valence-corrected chi connectivity index (χ3v) is 4.29. The molecule has 148 valence electrons. The number of anilines is 2. The van der Waals surface area contributed by atoms with E-state index in [0.29, 0.717) is 18.5 Å². The molecule has 2 aromatic rings. The molecule has 1 N–H and O–H groups in total. The monoisotopic (exact) mass is 392 g/mol. The summed E-state index contributed by atoms with van der Waals surface area (Å²) in [7, 11) is 0. The molecule has 1 fully saturated rings. The zero-order valence-electron chi connectivity index (χ0n) is 15.0. The molecule has 0 unspecified atom stereocenters. The van der Waals surface area contributed by atoms with Crippen molar-refractivity contribution < 1.29 is 27.5 Å². The van der Waals surface area contributed by atoms with Gasteiger partial charge in [0.15, 0.2) is 6.61 Å². The second-order valence-corrected chi connectivity index (χ2v) is 6.40. The van der Waals surface area contributed by atoms with Crippen LogP contribution in [0.25, 0.3) is 0 Å². The summed E-state index contributed by atoms with van der Waals surface area (Å²) in [6.45, 7) is -0.799. The number of rotatable bonds is 5. The molecule has 0 atom stereocenters. The fourth-order valence-corrected chi connectivity index (χ4v) is 2.92. The van der Waals surface area contributed by atoms with Crippen LogP contribution in [0.15, 0.2) is 48.5 Å². The highest BCUT2D eigenvalue weighted by molar-refractivity contribution is 6.05. The van der Waals surface area contributed by atoms with Crippen LogP contribution in [0.4, 0.5) is 24.5 Å². The summed E-state index contributed by atoms with van der Waals surface area (Å²) in [5.74, 6) is -0.498. The van der Waals surface area contributed by atoms with Gasteiger partial charge in [0.1, 0.15) is 5.75 Å². The summed E-state index contributed by atoms with van der Waals surface area (Å²) < 4.78 is 41.9. The number of carbonyl (C=O) groups excluding carboxylic acids is 2. The Hall–Kier alpha value is -3.03. The topological polar surface area (TPSA) is 58.6 Å². The van der Waals surface area contributed by atoms with E-state index >= 15 is 0 Å². The van der Waals surface area contributed by atoms with E-state index in [-0.39, 0.29) is 17.3 Å². The van der Waals surface area contributed by atoms with E-state index in [1.54, 1.807) is 35.2 Å². The Morgan fingerprint density at radius 2 is 1.79 bits per heavy atom. The molecule has 8 heteroatoms. The minimum absolute atomic E-state index is 0.0548. The fourth-order valence-electron chi connectivity index (χ4n) is 2.92. The van der Waals surface area contributed by atoms with Gasteiger partial charge in [0, 0.05) is 24.2 Å². The standard InChI is InChI=1S/C20H19F3N2O3/c21-20(22,23)13-28-17-6-2-1-5-16(17)24-19(27)14-8-10-15(11-9-14)25-12-4-3-7-18(25)26/h1-2,5-6,8-11H,3-4,7,12-13H2,(H,24,27). The number of nitrogens with zero attached hydrogens (tertiary/aromatic N) is 1. The second kappa shape index (κ2) is 8.33. The first-order chi connectivity index (χ1) is 13.3. The van der Waals surface area contributed by atoms with Gasteiger partial charge in [-0.3, -0.25) is 9.59 Å². The van der Waals surface area contributed by atoms with Crippen molar-refractivity contribution in [3.63, 3.8) is 0 Å². The van der Waals surface area contributed by atoms with Gasteiger partial charge in [-0.05, 0) is 49.2 Å². The number of hydrogen-bond acceptors (Lipinski definition) is 3. The van der Waals surface area contributed by atoms with E-state index in [2.05, 4.69) is 5.32 Å². The zero-order valence-corrected chi connectivity index (χ0v) is 15.0. The quantitative estimate of drug-likeness (QED) is 0.821. The number of amides is 2. The lowest BCUT2D eigenvalue weighted by Crippen LogP contribution is -2.35. The highest BCUT2D eigenvalue weighted by Gasteiger charge is 2.29. The summed E-state index contributed by atoms with van der Waals surface area (Å²) >= 11 is 0. The number of alkyl halides is 3. The lowest BCUT2D eigenvalue weighted by atomic mass is 10.1. The van der Waals surface area contributed by atoms with Crippen molar-refractivity contribution in [1.82, 2.24) is 0 Å². The van der Waals surface area contributed by atoms with E-state index in [9.17, 15) is 22.8 Å². The average Bonchev–Trinajstić information content (AvgIpc) is 2.67. The molecule has 28 heavy (non-hydrogen) atoms. The third kappa shape index (κ3) is 5.03. The molecule has 0 aliphatic carbocycles. The number of carbonyl (C=O) groups is 2. The number of para-hydroxylation sites is 2. The zero-order chi connectivity index (χ0) is 20.1. The molecule has 2 amide bonds. The Bertz CT molecular complexity index is 851. The van der Waals surface area contributed by atoms with Gasteiger partial charge >= 0.3 is 6.18 Å². The van der Waals surface area contributed by atoms with Crippen molar-refractivity contribution in [3.8, 4) is 5.75 Å². The highest BCUT2D eigenvalue weighted by atomic mass is 19.4. The summed E-state index contributed by atoms with van der Waals surface area (Å²) in [4.78, 5) is 26.1. The molecule has 0 saturated carbocycles. The fraction of sp³-hybridized carbons (Fsp3) is 0.300. The lowest BCUT2D eigenvalue weighted by molar-refractivity contribution is -0.153. The molecule has 0 spiro atoms. The Morgan fingerprint density at radius 1 is 1.07 bits per heavy atom. The summed E-state index contributed by atoms with van der Waals surface area (Å²) in [6.07, 6.45) is -2.15. The Morgan fingerprint density at radius 3 is 2.46 bits per heavy atom. The first-order valence-corrected chi connectivity index (χ1v) is 8.84. The predicted molar refractivity (Wildman–Crippen MR) is 98.6 cm³/mol. The van der Waals surface area contributed by atoms with E-state index in [1.165, 1.54) is 18.2 Å². The molecule has 1 aliphatic rings. The second-order valence-electron chi connectivity index (χ2n) is 6.40. The third-order valence-electron chi connectivity index (χ3n) is 4.29. The summed E-state index contributed by atoms with van der Waals surface area (Å²) in [5, 5.41) is 2.56. The number of hydrogen-bond donors (Lipinski definition) is 1. The van der Waals surface area contributed by atoms with Crippen LogP contribution in [0, 0.1) is 0 Å². The van der Waals surface area contributed by atoms with Crippen LogP contribution in [-0.2, 0) is 4.79 Å². The minimum Gasteiger partial charge on any atom is -0.482 e. The van der Waals surface area contributed by atoms with Crippen molar-refractivity contribution in [3.05, 3.63) is 54.1 Å². The SMILES string of the molecule is O=C(Nc1ccccc1OCC(F)(F)F)c1ccc(N2CCCCC2=O)cc1. The first-order valence-electron chi connectivity index (χ1n) is 8.84. The Kier molecular flexibility index (Phi) is 5.87. The van der Waals surface area contributed by atoms with Gasteiger partial charge in [-0.25, -0.2) is 0 Å². The van der Waals surface area contributed by atoms with Gasteiger partial charge < -0.3 is 15.0 Å². The van der Waals surface area contributed by atoms with Crippen LogP contribution in [0.2, 0.25) is 0 Å². The van der Waals surface area contributed by atoms with Crippen molar-refractivity contribution in [1.29, 1.82) is 0 Å². The van der Waals surface area contributed by atoms with Crippen molar-refractivity contribution >= 4 is 23.2 Å². The van der Waals surface area contributed by atoms with Gasteiger partial charge in [-0.2, -0.15) is 13.2 Å². The molecule has 1 heterocycles. The molecule has 0 radical (unpaired) electrons. The van der Waals surface area contributed by atoms with E-state index in [4.69, 9.17) is 4.74 Å². The maximum atomic E-state index is 12.4. The molecule has 0 bridgehead atoms. The summed E-state index contributed by atoms with van der Waals surface area (Å²) in [6, 6.07) is 12.4. The number of ether oxygens (including phenoxy) is 1. The smallest absolute Gasteiger partial charge is 0.422 e. The molecule has 2 aromatic carbocycles. The molecule has 0 aromatic heterocycles. The number of piperidine rings is 1. The summed E-state index contributed by atoms with van der Waals surface area (Å²) in [5.41, 5.74) is 1.18. The molecule has 1 saturated heterocycles. The molecular weight excluding hydrogens is 373 g/mol. The molecule has 1 aliphatic heterocycles. The Balaban J connectivity index is 1.69. The van der Waals surface area contributed by atoms with Crippen molar-refractivity contribution in [2.45, 2.75) is 25.4 Å². The maximum absolute atomic E-state index is 12.4. The van der Waals surface area contributed by atoms with Gasteiger partial charge in [0.05, 0.1) is 5.69 Å². The number of halogens is 3. The van der Waals surface area contributed by atoms with Crippen molar-refractivity contribution in [2.24, 2.45) is 0 Å². The normalized spacial score (nSPS) is 14.7. The van der Waals surface area contributed by atoms with Gasteiger partial charge in [0.2, 0.25) is 5.91 Å². The van der Waals surface area contributed by atoms with Crippen LogP contribution in [0.3, 0.4) is 0 Å². The van der Waals surface area contributed by atoms with Gasteiger partial charge in [-0.15, -0.1) is 0 Å². The number of nitrogens with one attached hydrogen (secondary N) is 1. The largest absolute Gasteiger partial charge is 0.482 e. The maximum Gasteiger partial charge on any atom is 0.422 e. The van der Waals surface area contributed by atoms with Crippen molar-refractivity contribution in [2.75, 3.05) is 23.4 Å². The molecular formula is C20H19F3N2O3. The van der Waals surface area contributed by atoms with Crippen LogP contribution in [-0.4, -0.2) is 31.1 Å². The highest BCUT2D eigenvalue weighted by Crippen LogP contribution is 2.27. The predicted octanol–water partition coefficient (Wildman–Crippen LogP) is 4.40. The van der Waals surface area contributed by atoms with E-state index in [0.717, 1.165) is 18.5 Å².